The first-order valence-corrected chi connectivity index (χ1v) is 4.80. The van der Waals surface area contributed by atoms with Gasteiger partial charge in [-0.25, -0.2) is 4.39 Å². The van der Waals surface area contributed by atoms with Gasteiger partial charge in [0.1, 0.15) is 11.5 Å². The molecule has 0 bridgehead atoms. The van der Waals surface area contributed by atoms with Crippen molar-refractivity contribution in [2.24, 2.45) is 0 Å². The van der Waals surface area contributed by atoms with Crippen molar-refractivity contribution in [2.75, 3.05) is 12.4 Å². The van der Waals surface area contributed by atoms with Gasteiger partial charge in [-0.2, -0.15) is 8.75 Å². The average Bonchev–Trinajstić information content (AvgIpc) is 2.65. The van der Waals surface area contributed by atoms with Crippen LogP contribution in [-0.4, -0.2) is 15.8 Å². The molecule has 1 aromatic heterocycles. The molecule has 0 fully saturated rings. The van der Waals surface area contributed by atoms with Crippen molar-refractivity contribution in [1.29, 1.82) is 0 Å². The monoisotopic (exact) mass is 209 g/mol. The van der Waals surface area contributed by atoms with Crippen LogP contribution in [0.3, 0.4) is 0 Å². The van der Waals surface area contributed by atoms with Crippen LogP contribution in [0.2, 0.25) is 0 Å². The highest BCUT2D eigenvalue weighted by molar-refractivity contribution is 6.99. The zero-order valence-corrected chi connectivity index (χ0v) is 8.31. The third-order valence-corrected chi connectivity index (χ3v) is 2.35. The van der Waals surface area contributed by atoms with E-state index in [1.807, 2.05) is 0 Å². The lowest BCUT2D eigenvalue weighted by Gasteiger charge is -1.99. The number of halogens is 1. The lowest BCUT2D eigenvalue weighted by molar-refractivity contribution is 0.628. The van der Waals surface area contributed by atoms with Crippen LogP contribution in [0.4, 0.5) is 10.2 Å². The maximum absolute atomic E-state index is 12.9. The van der Waals surface area contributed by atoms with Crippen LogP contribution in [0.25, 0.3) is 11.3 Å². The lowest BCUT2D eigenvalue weighted by Crippen LogP contribution is -1.91. The Morgan fingerprint density at radius 3 is 2.93 bits per heavy atom. The molecule has 14 heavy (non-hydrogen) atoms. The van der Waals surface area contributed by atoms with Crippen molar-refractivity contribution < 1.29 is 4.39 Å². The summed E-state index contributed by atoms with van der Waals surface area (Å²) >= 11 is 1.11. The number of anilines is 1. The Kier molecular flexibility index (Phi) is 2.41. The van der Waals surface area contributed by atoms with Gasteiger partial charge in [-0.1, -0.05) is 12.1 Å². The standard InChI is InChI=1S/C9H8FN3S/c1-11-9-8(12-14-13-9)6-3-2-4-7(10)5-6/h2-5H,1H3,(H,11,13). The highest BCUT2D eigenvalue weighted by Gasteiger charge is 2.08. The zero-order valence-electron chi connectivity index (χ0n) is 7.49. The summed E-state index contributed by atoms with van der Waals surface area (Å²) < 4.78 is 21.1. The predicted octanol–water partition coefficient (Wildman–Crippen LogP) is 2.39. The highest BCUT2D eigenvalue weighted by atomic mass is 32.1. The fourth-order valence-electron chi connectivity index (χ4n) is 1.18. The second-order valence-electron chi connectivity index (χ2n) is 2.72. The fourth-order valence-corrected chi connectivity index (χ4v) is 1.75. The SMILES string of the molecule is CNc1nsnc1-c1cccc(F)c1. The van der Waals surface area contributed by atoms with E-state index in [1.165, 1.54) is 12.1 Å². The molecule has 1 heterocycles. The normalized spacial score (nSPS) is 10.1. The molecule has 0 radical (unpaired) electrons. The molecule has 0 aliphatic rings. The molecule has 0 aliphatic heterocycles. The van der Waals surface area contributed by atoms with Crippen molar-refractivity contribution >= 4 is 17.5 Å². The molecule has 0 saturated heterocycles. The van der Waals surface area contributed by atoms with Crippen LogP contribution in [0.5, 0.6) is 0 Å². The molecular formula is C9H8FN3S. The van der Waals surface area contributed by atoms with Gasteiger partial charge in [0, 0.05) is 12.6 Å². The number of nitrogens with zero attached hydrogens (tertiary/aromatic N) is 2. The topological polar surface area (TPSA) is 37.8 Å². The van der Waals surface area contributed by atoms with E-state index in [4.69, 9.17) is 0 Å². The molecule has 0 spiro atoms. The van der Waals surface area contributed by atoms with E-state index in [0.29, 0.717) is 11.5 Å². The number of benzene rings is 1. The molecule has 2 rings (SSSR count). The Morgan fingerprint density at radius 1 is 1.36 bits per heavy atom. The van der Waals surface area contributed by atoms with Crippen molar-refractivity contribution in [3.8, 4) is 11.3 Å². The van der Waals surface area contributed by atoms with E-state index in [-0.39, 0.29) is 5.82 Å². The maximum Gasteiger partial charge on any atom is 0.167 e. The first-order valence-electron chi connectivity index (χ1n) is 4.07. The van der Waals surface area contributed by atoms with Crippen LogP contribution in [0.1, 0.15) is 0 Å². The molecule has 1 N–H and O–H groups in total. The third kappa shape index (κ3) is 1.58. The molecule has 1 aromatic carbocycles. The Balaban J connectivity index is 2.49. The van der Waals surface area contributed by atoms with E-state index < -0.39 is 0 Å². The quantitative estimate of drug-likeness (QED) is 0.825. The van der Waals surface area contributed by atoms with Crippen molar-refractivity contribution in [3.05, 3.63) is 30.1 Å². The molecule has 5 heteroatoms. The van der Waals surface area contributed by atoms with Gasteiger partial charge in [-0.05, 0) is 12.1 Å². The zero-order chi connectivity index (χ0) is 9.97. The molecule has 3 nitrogen and oxygen atoms in total. The summed E-state index contributed by atoms with van der Waals surface area (Å²) in [7, 11) is 1.76. The summed E-state index contributed by atoms with van der Waals surface area (Å²) in [5.74, 6) is 0.415. The Hall–Kier alpha value is -1.49. The number of aromatic nitrogens is 2. The smallest absolute Gasteiger partial charge is 0.167 e. The minimum Gasteiger partial charge on any atom is -0.370 e. The molecular weight excluding hydrogens is 201 g/mol. The summed E-state index contributed by atoms with van der Waals surface area (Å²) in [5.41, 5.74) is 1.43. The highest BCUT2D eigenvalue weighted by Crippen LogP contribution is 2.25. The summed E-state index contributed by atoms with van der Waals surface area (Å²) in [6, 6.07) is 6.31. The summed E-state index contributed by atoms with van der Waals surface area (Å²) in [4.78, 5) is 0. The first-order chi connectivity index (χ1) is 6.81. The van der Waals surface area contributed by atoms with Gasteiger partial charge in [0.2, 0.25) is 0 Å². The largest absolute Gasteiger partial charge is 0.370 e. The molecule has 0 saturated carbocycles. The number of hydrogen-bond acceptors (Lipinski definition) is 4. The van der Waals surface area contributed by atoms with E-state index in [9.17, 15) is 4.39 Å². The predicted molar refractivity (Wildman–Crippen MR) is 54.8 cm³/mol. The minimum absolute atomic E-state index is 0.266. The second kappa shape index (κ2) is 3.71. The molecule has 0 aliphatic carbocycles. The Bertz CT molecular complexity index is 441. The van der Waals surface area contributed by atoms with Gasteiger partial charge in [0.15, 0.2) is 5.82 Å². The molecule has 0 unspecified atom stereocenters. The van der Waals surface area contributed by atoms with Crippen molar-refractivity contribution in [3.63, 3.8) is 0 Å². The first kappa shape index (κ1) is 9.08. The summed E-state index contributed by atoms with van der Waals surface area (Å²) in [6.45, 7) is 0. The van der Waals surface area contributed by atoms with Crippen molar-refractivity contribution in [1.82, 2.24) is 8.75 Å². The Morgan fingerprint density at radius 2 is 2.21 bits per heavy atom. The van der Waals surface area contributed by atoms with Crippen LogP contribution in [0, 0.1) is 5.82 Å². The Labute approximate surface area is 84.9 Å². The van der Waals surface area contributed by atoms with Crippen LogP contribution in [-0.2, 0) is 0 Å². The van der Waals surface area contributed by atoms with E-state index in [0.717, 1.165) is 17.3 Å². The van der Waals surface area contributed by atoms with Gasteiger partial charge in [0.25, 0.3) is 0 Å². The number of rotatable bonds is 2. The van der Waals surface area contributed by atoms with Gasteiger partial charge in [-0.15, -0.1) is 0 Å². The molecule has 0 atom stereocenters. The summed E-state index contributed by atoms with van der Waals surface area (Å²) in [6.07, 6.45) is 0. The van der Waals surface area contributed by atoms with E-state index in [2.05, 4.69) is 14.1 Å². The van der Waals surface area contributed by atoms with Gasteiger partial charge in [-0.3, -0.25) is 0 Å². The average molecular weight is 209 g/mol. The lowest BCUT2D eigenvalue weighted by atomic mass is 10.1. The third-order valence-electron chi connectivity index (χ3n) is 1.82. The number of hydrogen-bond donors (Lipinski definition) is 1. The van der Waals surface area contributed by atoms with E-state index in [1.54, 1.807) is 19.2 Å². The van der Waals surface area contributed by atoms with Crippen LogP contribution < -0.4 is 5.32 Å². The van der Waals surface area contributed by atoms with E-state index >= 15 is 0 Å². The van der Waals surface area contributed by atoms with Gasteiger partial charge >= 0.3 is 0 Å². The van der Waals surface area contributed by atoms with Crippen molar-refractivity contribution in [2.45, 2.75) is 0 Å². The molecule has 72 valence electrons. The number of nitrogens with one attached hydrogen (secondary N) is 1. The van der Waals surface area contributed by atoms with Gasteiger partial charge in [0.05, 0.1) is 11.7 Å². The molecule has 2 aromatic rings. The van der Waals surface area contributed by atoms with Crippen LogP contribution in [0.15, 0.2) is 24.3 Å². The maximum atomic E-state index is 12.9. The van der Waals surface area contributed by atoms with Crippen LogP contribution >= 0.6 is 11.7 Å². The fraction of sp³-hybridized carbons (Fsp3) is 0.111. The molecule has 0 amide bonds. The second-order valence-corrected chi connectivity index (χ2v) is 3.25. The summed E-state index contributed by atoms with van der Waals surface area (Å²) in [5, 5.41) is 2.91. The minimum atomic E-state index is -0.266. The van der Waals surface area contributed by atoms with Gasteiger partial charge < -0.3 is 5.32 Å².